The molecule has 0 spiro atoms. The van der Waals surface area contributed by atoms with Gasteiger partial charge < -0.3 is 18.9 Å². The van der Waals surface area contributed by atoms with Crippen LogP contribution in [0.15, 0.2) is 0 Å². The SMILES string of the molecule is C1COCCO1.CC1COCO1. The maximum absolute atomic E-state index is 4.94. The molecule has 2 rings (SSSR count). The van der Waals surface area contributed by atoms with E-state index >= 15 is 0 Å². The molecule has 0 aromatic carbocycles. The first-order valence-corrected chi connectivity index (χ1v) is 4.24. The molecule has 2 aliphatic heterocycles. The van der Waals surface area contributed by atoms with E-state index in [0.717, 1.165) is 33.0 Å². The fourth-order valence-electron chi connectivity index (χ4n) is 0.866. The first kappa shape index (κ1) is 9.92. The Morgan fingerprint density at radius 3 is 1.67 bits per heavy atom. The maximum Gasteiger partial charge on any atom is 0.147 e. The third-order valence-electron chi connectivity index (χ3n) is 1.53. The number of rotatable bonds is 0. The Morgan fingerprint density at radius 1 is 0.917 bits per heavy atom. The zero-order valence-corrected chi connectivity index (χ0v) is 7.45. The summed E-state index contributed by atoms with van der Waals surface area (Å²) in [4.78, 5) is 0. The van der Waals surface area contributed by atoms with E-state index in [1.54, 1.807) is 0 Å². The second-order valence-corrected chi connectivity index (χ2v) is 2.69. The highest BCUT2D eigenvalue weighted by atomic mass is 16.7. The molecule has 2 aliphatic rings. The van der Waals surface area contributed by atoms with Crippen LogP contribution in [-0.2, 0) is 18.9 Å². The fourth-order valence-corrected chi connectivity index (χ4v) is 0.866. The molecule has 0 radical (unpaired) electrons. The van der Waals surface area contributed by atoms with Gasteiger partial charge in [0, 0.05) is 0 Å². The topological polar surface area (TPSA) is 36.9 Å². The zero-order valence-electron chi connectivity index (χ0n) is 7.45. The standard InChI is InChI=1S/2C4H8O2/c1-4-2-5-3-6-4;1-2-6-4-3-5-1/h4H,2-3H2,1H3;1-4H2. The Kier molecular flexibility index (Phi) is 5.27. The van der Waals surface area contributed by atoms with Crippen LogP contribution in [0.3, 0.4) is 0 Å². The van der Waals surface area contributed by atoms with Crippen LogP contribution in [0.1, 0.15) is 6.92 Å². The Hall–Kier alpha value is -0.160. The van der Waals surface area contributed by atoms with Gasteiger partial charge in [0.25, 0.3) is 0 Å². The first-order valence-electron chi connectivity index (χ1n) is 4.24. The highest BCUT2D eigenvalue weighted by Gasteiger charge is 2.07. The summed E-state index contributed by atoms with van der Waals surface area (Å²) < 4.78 is 19.7. The van der Waals surface area contributed by atoms with Gasteiger partial charge in [0.2, 0.25) is 0 Å². The number of hydrogen-bond donors (Lipinski definition) is 0. The minimum atomic E-state index is 0.324. The van der Waals surface area contributed by atoms with Crippen LogP contribution in [0.4, 0.5) is 0 Å². The van der Waals surface area contributed by atoms with Gasteiger partial charge in [0.05, 0.1) is 39.1 Å². The number of ether oxygens (including phenoxy) is 4. The molecule has 0 N–H and O–H groups in total. The van der Waals surface area contributed by atoms with Gasteiger partial charge in [-0.05, 0) is 6.92 Å². The Balaban J connectivity index is 0.000000120. The second kappa shape index (κ2) is 6.37. The van der Waals surface area contributed by atoms with Gasteiger partial charge in [-0.3, -0.25) is 0 Å². The van der Waals surface area contributed by atoms with E-state index < -0.39 is 0 Å². The maximum atomic E-state index is 4.94. The summed E-state index contributed by atoms with van der Waals surface area (Å²) in [5, 5.41) is 0. The molecule has 12 heavy (non-hydrogen) atoms. The summed E-state index contributed by atoms with van der Waals surface area (Å²) in [7, 11) is 0. The molecule has 4 nitrogen and oxygen atoms in total. The molecule has 0 aromatic heterocycles. The van der Waals surface area contributed by atoms with Crippen molar-refractivity contribution < 1.29 is 18.9 Å². The van der Waals surface area contributed by atoms with Crippen LogP contribution in [-0.4, -0.2) is 45.9 Å². The van der Waals surface area contributed by atoms with Crippen molar-refractivity contribution in [1.82, 2.24) is 0 Å². The summed E-state index contributed by atoms with van der Waals surface area (Å²) in [5.74, 6) is 0. The third kappa shape index (κ3) is 4.66. The molecule has 1 atom stereocenters. The molecule has 0 saturated carbocycles. The van der Waals surface area contributed by atoms with E-state index in [4.69, 9.17) is 18.9 Å². The summed E-state index contributed by atoms with van der Waals surface area (Å²) in [6, 6.07) is 0. The monoisotopic (exact) mass is 176 g/mol. The van der Waals surface area contributed by atoms with Crippen LogP contribution in [0.25, 0.3) is 0 Å². The average molecular weight is 176 g/mol. The van der Waals surface area contributed by atoms with E-state index in [1.807, 2.05) is 6.92 Å². The second-order valence-electron chi connectivity index (χ2n) is 2.69. The Bertz CT molecular complexity index is 85.7. The van der Waals surface area contributed by atoms with Crippen molar-refractivity contribution in [3.05, 3.63) is 0 Å². The van der Waals surface area contributed by atoms with Gasteiger partial charge in [0.1, 0.15) is 6.79 Å². The Morgan fingerprint density at radius 2 is 1.50 bits per heavy atom. The lowest BCUT2D eigenvalue weighted by Gasteiger charge is -2.09. The lowest BCUT2D eigenvalue weighted by molar-refractivity contribution is -0.0334. The fraction of sp³-hybridized carbons (Fsp3) is 1.00. The number of hydrogen-bond acceptors (Lipinski definition) is 4. The molecular formula is C8H16O4. The summed E-state index contributed by atoms with van der Waals surface area (Å²) in [6.07, 6.45) is 0.324. The van der Waals surface area contributed by atoms with Gasteiger partial charge >= 0.3 is 0 Å². The van der Waals surface area contributed by atoms with Gasteiger partial charge in [0.15, 0.2) is 0 Å². The molecular weight excluding hydrogens is 160 g/mol. The summed E-state index contributed by atoms with van der Waals surface area (Å²) >= 11 is 0. The molecule has 1 unspecified atom stereocenters. The quantitative estimate of drug-likeness (QED) is 0.535. The minimum Gasteiger partial charge on any atom is -0.377 e. The molecule has 0 amide bonds. The van der Waals surface area contributed by atoms with Crippen LogP contribution < -0.4 is 0 Å². The lowest BCUT2D eigenvalue weighted by atomic mass is 10.5. The molecule has 4 heteroatoms. The van der Waals surface area contributed by atoms with Crippen molar-refractivity contribution >= 4 is 0 Å². The van der Waals surface area contributed by atoms with Gasteiger partial charge in [-0.2, -0.15) is 0 Å². The molecule has 72 valence electrons. The van der Waals surface area contributed by atoms with Crippen molar-refractivity contribution in [2.24, 2.45) is 0 Å². The molecule has 2 fully saturated rings. The highest BCUT2D eigenvalue weighted by molar-refractivity contribution is 4.48. The first-order chi connectivity index (χ1) is 5.89. The van der Waals surface area contributed by atoms with E-state index in [2.05, 4.69) is 0 Å². The normalized spacial score (nSPS) is 29.2. The highest BCUT2D eigenvalue weighted by Crippen LogP contribution is 1.98. The molecule has 2 saturated heterocycles. The van der Waals surface area contributed by atoms with Crippen molar-refractivity contribution in [2.75, 3.05) is 39.8 Å². The van der Waals surface area contributed by atoms with Crippen molar-refractivity contribution in [3.63, 3.8) is 0 Å². The van der Waals surface area contributed by atoms with E-state index in [-0.39, 0.29) is 0 Å². The van der Waals surface area contributed by atoms with Crippen molar-refractivity contribution in [3.8, 4) is 0 Å². The van der Waals surface area contributed by atoms with Gasteiger partial charge in [-0.25, -0.2) is 0 Å². The van der Waals surface area contributed by atoms with E-state index in [9.17, 15) is 0 Å². The van der Waals surface area contributed by atoms with Gasteiger partial charge in [-0.15, -0.1) is 0 Å². The third-order valence-corrected chi connectivity index (χ3v) is 1.53. The zero-order chi connectivity index (χ0) is 8.65. The van der Waals surface area contributed by atoms with Crippen LogP contribution in [0, 0.1) is 0 Å². The Labute approximate surface area is 72.7 Å². The predicted molar refractivity (Wildman–Crippen MR) is 43.0 cm³/mol. The largest absolute Gasteiger partial charge is 0.377 e. The summed E-state index contributed by atoms with van der Waals surface area (Å²) in [5.41, 5.74) is 0. The predicted octanol–water partition coefficient (Wildman–Crippen LogP) is 0.412. The lowest BCUT2D eigenvalue weighted by Crippen LogP contribution is -2.16. The van der Waals surface area contributed by atoms with Crippen molar-refractivity contribution in [2.45, 2.75) is 13.0 Å². The summed E-state index contributed by atoms with van der Waals surface area (Å²) in [6.45, 7) is 6.36. The van der Waals surface area contributed by atoms with Crippen LogP contribution in [0.5, 0.6) is 0 Å². The van der Waals surface area contributed by atoms with Crippen molar-refractivity contribution in [1.29, 1.82) is 0 Å². The van der Waals surface area contributed by atoms with E-state index in [1.165, 1.54) is 0 Å². The minimum absolute atomic E-state index is 0.324. The molecule has 2 heterocycles. The molecule has 0 bridgehead atoms. The van der Waals surface area contributed by atoms with E-state index in [0.29, 0.717) is 12.9 Å². The average Bonchev–Trinajstić information content (AvgIpc) is 2.60. The van der Waals surface area contributed by atoms with Gasteiger partial charge in [-0.1, -0.05) is 0 Å². The van der Waals surface area contributed by atoms with Crippen LogP contribution in [0.2, 0.25) is 0 Å². The van der Waals surface area contributed by atoms with Crippen LogP contribution >= 0.6 is 0 Å². The molecule has 0 aromatic rings. The smallest absolute Gasteiger partial charge is 0.147 e. The molecule has 0 aliphatic carbocycles.